The monoisotopic (exact) mass is 320 g/mol. The van der Waals surface area contributed by atoms with Crippen LogP contribution in [0.3, 0.4) is 0 Å². The van der Waals surface area contributed by atoms with E-state index < -0.39 is 5.41 Å². The summed E-state index contributed by atoms with van der Waals surface area (Å²) in [5.74, 6) is -0.338. The zero-order chi connectivity index (χ0) is 16.4. The lowest BCUT2D eigenvalue weighted by Crippen LogP contribution is -2.53. The lowest BCUT2D eigenvalue weighted by molar-refractivity contribution is -0.135. The molecule has 23 heavy (non-hydrogen) atoms. The number of benzene rings is 1. The van der Waals surface area contributed by atoms with Crippen LogP contribution in [0.5, 0.6) is 0 Å². The van der Waals surface area contributed by atoms with Gasteiger partial charge in [0.25, 0.3) is 0 Å². The van der Waals surface area contributed by atoms with Crippen molar-refractivity contribution in [3.63, 3.8) is 0 Å². The molecule has 0 atom stereocenters. The first-order chi connectivity index (χ1) is 11.1. The molecule has 2 amide bonds. The van der Waals surface area contributed by atoms with Crippen molar-refractivity contribution in [1.82, 2.24) is 9.80 Å². The van der Waals surface area contributed by atoms with E-state index in [9.17, 15) is 14.0 Å². The Labute approximate surface area is 135 Å². The van der Waals surface area contributed by atoms with Gasteiger partial charge in [0.1, 0.15) is 5.82 Å². The molecule has 1 aliphatic carbocycles. The van der Waals surface area contributed by atoms with Crippen molar-refractivity contribution in [2.45, 2.75) is 25.2 Å². The highest BCUT2D eigenvalue weighted by Crippen LogP contribution is 2.50. The number of amides is 2. The molecule has 1 aliphatic heterocycles. The third-order valence-electron chi connectivity index (χ3n) is 4.64. The second-order valence-corrected chi connectivity index (χ2v) is 6.04. The summed E-state index contributed by atoms with van der Waals surface area (Å²) in [5.41, 5.74) is -0.199. The SMILES string of the molecule is CCOC(=O)N1CCN(C(=O)C2(c3ccccc3F)CC2)CC1. The highest BCUT2D eigenvalue weighted by molar-refractivity contribution is 5.91. The van der Waals surface area contributed by atoms with Gasteiger partial charge in [-0.3, -0.25) is 4.79 Å². The first kappa shape index (κ1) is 15.8. The van der Waals surface area contributed by atoms with Gasteiger partial charge in [-0.2, -0.15) is 0 Å². The number of rotatable bonds is 3. The van der Waals surface area contributed by atoms with E-state index in [4.69, 9.17) is 4.74 Å². The molecule has 5 nitrogen and oxygen atoms in total. The number of carbonyl (C=O) groups excluding carboxylic acids is 2. The van der Waals surface area contributed by atoms with Crippen molar-refractivity contribution in [3.8, 4) is 0 Å². The van der Waals surface area contributed by atoms with Crippen molar-refractivity contribution in [3.05, 3.63) is 35.6 Å². The maximum absolute atomic E-state index is 14.1. The van der Waals surface area contributed by atoms with E-state index in [1.807, 2.05) is 0 Å². The smallest absolute Gasteiger partial charge is 0.409 e. The second-order valence-electron chi connectivity index (χ2n) is 6.04. The van der Waals surface area contributed by atoms with E-state index in [0.29, 0.717) is 51.2 Å². The van der Waals surface area contributed by atoms with E-state index in [-0.39, 0.29) is 17.8 Å². The standard InChI is InChI=1S/C17H21FN2O3/c1-2-23-16(22)20-11-9-19(10-12-20)15(21)17(7-8-17)13-5-3-4-6-14(13)18/h3-6H,2,7-12H2,1H3. The number of nitrogens with zero attached hydrogens (tertiary/aromatic N) is 2. The molecule has 2 aliphatic rings. The zero-order valence-electron chi connectivity index (χ0n) is 13.3. The van der Waals surface area contributed by atoms with Crippen molar-refractivity contribution in [2.75, 3.05) is 32.8 Å². The zero-order valence-corrected chi connectivity index (χ0v) is 13.3. The molecule has 2 fully saturated rings. The fourth-order valence-electron chi connectivity index (χ4n) is 3.18. The van der Waals surface area contributed by atoms with Gasteiger partial charge in [0, 0.05) is 31.7 Å². The Morgan fingerprint density at radius 1 is 1.13 bits per heavy atom. The van der Waals surface area contributed by atoms with E-state index >= 15 is 0 Å². The van der Waals surface area contributed by atoms with Gasteiger partial charge in [0.05, 0.1) is 12.0 Å². The van der Waals surface area contributed by atoms with Crippen LogP contribution in [0.1, 0.15) is 25.3 Å². The fourth-order valence-corrected chi connectivity index (χ4v) is 3.18. The number of ether oxygens (including phenoxy) is 1. The predicted octanol–water partition coefficient (Wildman–Crippen LogP) is 2.16. The van der Waals surface area contributed by atoms with Gasteiger partial charge in [0.15, 0.2) is 0 Å². The van der Waals surface area contributed by atoms with Crippen LogP contribution in [0.4, 0.5) is 9.18 Å². The minimum absolute atomic E-state index is 0.0221. The van der Waals surface area contributed by atoms with Gasteiger partial charge in [-0.05, 0) is 25.8 Å². The van der Waals surface area contributed by atoms with E-state index in [2.05, 4.69) is 0 Å². The molecule has 1 heterocycles. The summed E-state index contributed by atoms with van der Waals surface area (Å²) in [7, 11) is 0. The van der Waals surface area contributed by atoms with Gasteiger partial charge >= 0.3 is 6.09 Å². The van der Waals surface area contributed by atoms with Crippen LogP contribution in [0.15, 0.2) is 24.3 Å². The fraction of sp³-hybridized carbons (Fsp3) is 0.529. The minimum atomic E-state index is -0.697. The van der Waals surface area contributed by atoms with Gasteiger partial charge in [-0.15, -0.1) is 0 Å². The van der Waals surface area contributed by atoms with Crippen molar-refractivity contribution in [1.29, 1.82) is 0 Å². The van der Waals surface area contributed by atoms with Crippen LogP contribution in [-0.4, -0.2) is 54.6 Å². The number of hydrogen-bond donors (Lipinski definition) is 0. The first-order valence-electron chi connectivity index (χ1n) is 8.04. The quantitative estimate of drug-likeness (QED) is 0.857. The molecule has 6 heteroatoms. The Morgan fingerprint density at radius 3 is 2.30 bits per heavy atom. The number of hydrogen-bond acceptors (Lipinski definition) is 3. The van der Waals surface area contributed by atoms with E-state index in [0.717, 1.165) is 0 Å². The summed E-state index contributed by atoms with van der Waals surface area (Å²) in [5, 5.41) is 0. The molecule has 0 N–H and O–H groups in total. The van der Waals surface area contributed by atoms with E-state index in [1.165, 1.54) is 6.07 Å². The third-order valence-corrected chi connectivity index (χ3v) is 4.64. The average molecular weight is 320 g/mol. The van der Waals surface area contributed by atoms with Crippen molar-refractivity contribution < 1.29 is 18.7 Å². The Morgan fingerprint density at radius 2 is 1.74 bits per heavy atom. The molecule has 0 unspecified atom stereocenters. The molecule has 0 aromatic heterocycles. The van der Waals surface area contributed by atoms with Gasteiger partial charge in [-0.25, -0.2) is 9.18 Å². The van der Waals surface area contributed by atoms with Crippen LogP contribution in [0.2, 0.25) is 0 Å². The van der Waals surface area contributed by atoms with Crippen molar-refractivity contribution in [2.24, 2.45) is 0 Å². The Bertz CT molecular complexity index is 608. The van der Waals surface area contributed by atoms with Gasteiger partial charge < -0.3 is 14.5 Å². The van der Waals surface area contributed by atoms with Crippen LogP contribution < -0.4 is 0 Å². The molecule has 3 rings (SSSR count). The molecule has 0 radical (unpaired) electrons. The summed E-state index contributed by atoms with van der Waals surface area (Å²) in [6.45, 7) is 3.95. The highest BCUT2D eigenvalue weighted by atomic mass is 19.1. The Hall–Kier alpha value is -2.11. The van der Waals surface area contributed by atoms with Crippen molar-refractivity contribution >= 4 is 12.0 Å². The number of halogens is 1. The molecule has 1 aromatic carbocycles. The Balaban J connectivity index is 1.66. The van der Waals surface area contributed by atoms with Gasteiger partial charge in [0.2, 0.25) is 5.91 Å². The molecular formula is C17H21FN2O3. The summed E-state index contributed by atoms with van der Waals surface area (Å²) < 4.78 is 19.0. The van der Waals surface area contributed by atoms with Gasteiger partial charge in [-0.1, -0.05) is 18.2 Å². The van der Waals surface area contributed by atoms with E-state index in [1.54, 1.807) is 34.9 Å². The molecular weight excluding hydrogens is 299 g/mol. The van der Waals surface area contributed by atoms with Crippen LogP contribution in [-0.2, 0) is 14.9 Å². The molecule has 0 spiro atoms. The maximum Gasteiger partial charge on any atom is 0.409 e. The average Bonchev–Trinajstić information content (AvgIpc) is 3.37. The third kappa shape index (κ3) is 2.90. The molecule has 1 saturated heterocycles. The lowest BCUT2D eigenvalue weighted by atomic mass is 9.93. The summed E-state index contributed by atoms with van der Waals surface area (Å²) in [6.07, 6.45) is 1.03. The van der Waals surface area contributed by atoms with Crippen LogP contribution >= 0.6 is 0 Å². The summed E-state index contributed by atoms with van der Waals surface area (Å²) in [6, 6.07) is 6.51. The highest BCUT2D eigenvalue weighted by Gasteiger charge is 2.54. The molecule has 1 aromatic rings. The predicted molar refractivity (Wildman–Crippen MR) is 82.5 cm³/mol. The van der Waals surface area contributed by atoms with Crippen LogP contribution in [0.25, 0.3) is 0 Å². The topological polar surface area (TPSA) is 49.9 Å². The normalized spacial score (nSPS) is 19.4. The number of piperazine rings is 1. The number of carbonyl (C=O) groups is 2. The molecule has 1 saturated carbocycles. The Kier molecular flexibility index (Phi) is 4.24. The van der Waals surface area contributed by atoms with Crippen LogP contribution in [0, 0.1) is 5.82 Å². The lowest BCUT2D eigenvalue weighted by Gasteiger charge is -2.36. The first-order valence-corrected chi connectivity index (χ1v) is 8.04. The molecule has 0 bridgehead atoms. The molecule has 124 valence electrons. The minimum Gasteiger partial charge on any atom is -0.450 e. The maximum atomic E-state index is 14.1. The largest absolute Gasteiger partial charge is 0.450 e. The summed E-state index contributed by atoms with van der Waals surface area (Å²) >= 11 is 0. The second kappa shape index (κ2) is 6.18. The summed E-state index contributed by atoms with van der Waals surface area (Å²) in [4.78, 5) is 27.9.